The number of thioether (sulfide) groups is 1. The second kappa shape index (κ2) is 6.36. The Labute approximate surface area is 123 Å². The van der Waals surface area contributed by atoms with Gasteiger partial charge in [0.25, 0.3) is 0 Å². The predicted octanol–water partition coefficient (Wildman–Crippen LogP) is 3.12. The van der Waals surface area contributed by atoms with Crippen LogP contribution in [-0.4, -0.2) is 47.1 Å². The van der Waals surface area contributed by atoms with Crippen molar-refractivity contribution in [2.24, 2.45) is 5.92 Å². The standard InChI is InChI=1S/C16H30N2S/c1-3-13-10-17-16(12-5-6-12)11-18(13)14-7-8-15(9-14)19-4-2/h12-17H,3-11H2,1-2H3. The van der Waals surface area contributed by atoms with Gasteiger partial charge in [0, 0.05) is 36.5 Å². The van der Waals surface area contributed by atoms with Crippen LogP contribution in [0.3, 0.4) is 0 Å². The molecule has 110 valence electrons. The summed E-state index contributed by atoms with van der Waals surface area (Å²) < 4.78 is 0. The minimum Gasteiger partial charge on any atom is -0.311 e. The third kappa shape index (κ3) is 3.30. The van der Waals surface area contributed by atoms with Crippen molar-refractivity contribution in [2.75, 3.05) is 18.8 Å². The van der Waals surface area contributed by atoms with Gasteiger partial charge < -0.3 is 5.32 Å². The highest BCUT2D eigenvalue weighted by Crippen LogP contribution is 2.38. The van der Waals surface area contributed by atoms with Crippen LogP contribution in [0.1, 0.15) is 52.4 Å². The van der Waals surface area contributed by atoms with Gasteiger partial charge in [0.2, 0.25) is 0 Å². The van der Waals surface area contributed by atoms with Gasteiger partial charge in [-0.2, -0.15) is 11.8 Å². The Morgan fingerprint density at radius 2 is 2.00 bits per heavy atom. The molecule has 3 fully saturated rings. The van der Waals surface area contributed by atoms with Gasteiger partial charge in [0.15, 0.2) is 0 Å². The summed E-state index contributed by atoms with van der Waals surface area (Å²) >= 11 is 2.19. The zero-order valence-corrected chi connectivity index (χ0v) is 13.4. The van der Waals surface area contributed by atoms with Crippen molar-refractivity contribution in [3.8, 4) is 0 Å². The van der Waals surface area contributed by atoms with Crippen LogP contribution in [0.2, 0.25) is 0 Å². The summed E-state index contributed by atoms with van der Waals surface area (Å²) in [6.45, 7) is 7.24. The first-order chi connectivity index (χ1) is 9.31. The smallest absolute Gasteiger partial charge is 0.0224 e. The first-order valence-electron chi connectivity index (χ1n) is 8.42. The molecular formula is C16H30N2S. The maximum atomic E-state index is 3.82. The van der Waals surface area contributed by atoms with E-state index in [-0.39, 0.29) is 0 Å². The van der Waals surface area contributed by atoms with Crippen molar-refractivity contribution in [1.82, 2.24) is 10.2 Å². The van der Waals surface area contributed by atoms with Gasteiger partial charge in [-0.15, -0.1) is 0 Å². The largest absolute Gasteiger partial charge is 0.311 e. The molecule has 4 atom stereocenters. The maximum Gasteiger partial charge on any atom is 0.0224 e. The minimum absolute atomic E-state index is 0.797. The second-order valence-corrected chi connectivity index (χ2v) is 8.23. The highest BCUT2D eigenvalue weighted by Gasteiger charge is 2.40. The molecule has 0 bridgehead atoms. The van der Waals surface area contributed by atoms with E-state index in [1.807, 2.05) is 0 Å². The number of piperazine rings is 1. The molecule has 1 aliphatic heterocycles. The Kier molecular flexibility index (Phi) is 4.76. The Balaban J connectivity index is 1.59. The summed E-state index contributed by atoms with van der Waals surface area (Å²) in [5.41, 5.74) is 0. The Bertz CT molecular complexity index is 292. The van der Waals surface area contributed by atoms with Crippen LogP contribution in [0.5, 0.6) is 0 Å². The summed E-state index contributed by atoms with van der Waals surface area (Å²) in [6.07, 6.45) is 8.62. The molecule has 1 N–H and O–H groups in total. The number of nitrogens with one attached hydrogen (secondary N) is 1. The first kappa shape index (κ1) is 14.2. The molecule has 1 heterocycles. The molecule has 0 aromatic rings. The molecule has 2 aliphatic carbocycles. The molecule has 2 nitrogen and oxygen atoms in total. The van der Waals surface area contributed by atoms with Crippen molar-refractivity contribution in [1.29, 1.82) is 0 Å². The van der Waals surface area contributed by atoms with Crippen LogP contribution in [0, 0.1) is 5.92 Å². The fourth-order valence-corrected chi connectivity index (χ4v) is 5.22. The van der Waals surface area contributed by atoms with Gasteiger partial charge >= 0.3 is 0 Å². The summed E-state index contributed by atoms with van der Waals surface area (Å²) in [5, 5.41) is 4.77. The lowest BCUT2D eigenvalue weighted by Crippen LogP contribution is -2.59. The number of hydrogen-bond donors (Lipinski definition) is 1. The molecule has 0 aromatic carbocycles. The Hall–Kier alpha value is 0.270. The van der Waals surface area contributed by atoms with E-state index < -0.39 is 0 Å². The molecule has 4 unspecified atom stereocenters. The normalized spacial score (nSPS) is 40.7. The van der Waals surface area contributed by atoms with Gasteiger partial charge in [-0.3, -0.25) is 4.90 Å². The molecule has 0 spiro atoms. The van der Waals surface area contributed by atoms with Crippen LogP contribution in [0.25, 0.3) is 0 Å². The fraction of sp³-hybridized carbons (Fsp3) is 1.00. The zero-order valence-electron chi connectivity index (χ0n) is 12.6. The van der Waals surface area contributed by atoms with Crippen molar-refractivity contribution >= 4 is 11.8 Å². The van der Waals surface area contributed by atoms with Gasteiger partial charge in [0.05, 0.1) is 0 Å². The average molecular weight is 282 g/mol. The molecule has 3 heteroatoms. The molecule has 0 aromatic heterocycles. The van der Waals surface area contributed by atoms with Crippen LogP contribution >= 0.6 is 11.8 Å². The molecular weight excluding hydrogens is 252 g/mol. The third-order valence-corrected chi connectivity index (χ3v) is 6.62. The van der Waals surface area contributed by atoms with Gasteiger partial charge in [-0.25, -0.2) is 0 Å². The highest BCUT2D eigenvalue weighted by molar-refractivity contribution is 7.99. The lowest BCUT2D eigenvalue weighted by molar-refractivity contribution is 0.0757. The van der Waals surface area contributed by atoms with Crippen LogP contribution in [0.4, 0.5) is 0 Å². The summed E-state index contributed by atoms with van der Waals surface area (Å²) in [5.74, 6) is 2.29. The van der Waals surface area contributed by atoms with Crippen LogP contribution in [0.15, 0.2) is 0 Å². The molecule has 0 amide bonds. The van der Waals surface area contributed by atoms with E-state index >= 15 is 0 Å². The third-order valence-electron chi connectivity index (χ3n) is 5.38. The van der Waals surface area contributed by atoms with E-state index in [4.69, 9.17) is 0 Å². The van der Waals surface area contributed by atoms with E-state index in [0.29, 0.717) is 0 Å². The minimum atomic E-state index is 0.797. The summed E-state index contributed by atoms with van der Waals surface area (Å²) in [4.78, 5) is 2.90. The summed E-state index contributed by atoms with van der Waals surface area (Å²) in [7, 11) is 0. The van der Waals surface area contributed by atoms with Crippen molar-refractivity contribution < 1.29 is 0 Å². The molecule has 3 rings (SSSR count). The van der Waals surface area contributed by atoms with E-state index in [2.05, 4.69) is 35.8 Å². The molecule has 19 heavy (non-hydrogen) atoms. The zero-order chi connectivity index (χ0) is 13.2. The van der Waals surface area contributed by atoms with Crippen molar-refractivity contribution in [3.63, 3.8) is 0 Å². The molecule has 3 aliphatic rings. The monoisotopic (exact) mass is 282 g/mol. The fourth-order valence-electron chi connectivity index (χ4n) is 4.09. The van der Waals surface area contributed by atoms with Gasteiger partial charge in [-0.1, -0.05) is 13.8 Å². The lowest BCUT2D eigenvalue weighted by atomic mass is 10.0. The van der Waals surface area contributed by atoms with E-state index in [0.717, 1.165) is 29.3 Å². The van der Waals surface area contributed by atoms with Crippen LogP contribution < -0.4 is 5.32 Å². The molecule has 1 saturated heterocycles. The van der Waals surface area contributed by atoms with E-state index in [9.17, 15) is 0 Å². The molecule has 0 radical (unpaired) electrons. The average Bonchev–Trinajstić information content (AvgIpc) is 3.19. The van der Waals surface area contributed by atoms with Gasteiger partial charge in [0.1, 0.15) is 0 Å². The van der Waals surface area contributed by atoms with Crippen LogP contribution in [-0.2, 0) is 0 Å². The topological polar surface area (TPSA) is 15.3 Å². The number of hydrogen-bond acceptors (Lipinski definition) is 3. The van der Waals surface area contributed by atoms with E-state index in [1.54, 1.807) is 0 Å². The highest BCUT2D eigenvalue weighted by atomic mass is 32.2. The molecule has 2 saturated carbocycles. The lowest BCUT2D eigenvalue weighted by Gasteiger charge is -2.44. The maximum absolute atomic E-state index is 3.82. The Morgan fingerprint density at radius 1 is 1.16 bits per heavy atom. The SMILES string of the molecule is CCSC1CCC(N2CC(C3CC3)NCC2CC)C1. The quantitative estimate of drug-likeness (QED) is 0.834. The number of rotatable bonds is 5. The van der Waals surface area contributed by atoms with Crippen molar-refractivity contribution in [2.45, 2.75) is 75.7 Å². The van der Waals surface area contributed by atoms with Gasteiger partial charge in [-0.05, 0) is 50.2 Å². The summed E-state index contributed by atoms with van der Waals surface area (Å²) in [6, 6.07) is 2.49. The number of nitrogens with zero attached hydrogens (tertiary/aromatic N) is 1. The van der Waals surface area contributed by atoms with E-state index in [1.165, 1.54) is 57.4 Å². The predicted molar refractivity (Wildman–Crippen MR) is 84.9 cm³/mol. The Morgan fingerprint density at radius 3 is 2.68 bits per heavy atom. The van der Waals surface area contributed by atoms with Crippen molar-refractivity contribution in [3.05, 3.63) is 0 Å². The second-order valence-electron chi connectivity index (χ2n) is 6.66. The first-order valence-corrected chi connectivity index (χ1v) is 9.47.